The molecule has 3 aromatic carbocycles. The summed E-state index contributed by atoms with van der Waals surface area (Å²) in [6.45, 7) is 5.29. The maximum atomic E-state index is 13.4. The van der Waals surface area contributed by atoms with E-state index in [0.29, 0.717) is 0 Å². The molecule has 3 aromatic rings. The summed E-state index contributed by atoms with van der Waals surface area (Å²) in [7, 11) is 0. The molecular weight excluding hydrogens is 400 g/mol. The Morgan fingerprint density at radius 2 is 1.66 bits per heavy atom. The van der Waals surface area contributed by atoms with E-state index in [2.05, 4.69) is 11.4 Å². The maximum Gasteiger partial charge on any atom is 0.342 e. The molecule has 1 aliphatic heterocycles. The molecule has 1 N–H and O–H groups in total. The van der Waals surface area contributed by atoms with Gasteiger partial charge in [-0.2, -0.15) is 5.26 Å². The number of fused-ring (bicyclic) bond motifs is 1. The molecule has 5 nitrogen and oxygen atoms in total. The van der Waals surface area contributed by atoms with Crippen molar-refractivity contribution in [3.63, 3.8) is 0 Å². The molecule has 0 bridgehead atoms. The number of aldehydes is 1. The third-order valence-electron chi connectivity index (χ3n) is 5.97. The van der Waals surface area contributed by atoms with Gasteiger partial charge in [-0.3, -0.25) is 5.32 Å². The average molecular weight is 427 g/mol. The van der Waals surface area contributed by atoms with Crippen LogP contribution in [0.2, 0.25) is 0 Å². The number of esters is 1. The van der Waals surface area contributed by atoms with E-state index < -0.39 is 35.0 Å². The second-order valence-electron chi connectivity index (χ2n) is 9.25. The van der Waals surface area contributed by atoms with Crippen LogP contribution in [0.25, 0.3) is 10.8 Å². The van der Waals surface area contributed by atoms with E-state index in [1.54, 1.807) is 20.8 Å². The summed E-state index contributed by atoms with van der Waals surface area (Å²) in [5.74, 6) is -2.00. The third kappa shape index (κ3) is 3.79. The van der Waals surface area contributed by atoms with Crippen LogP contribution in [0.4, 0.5) is 0 Å². The second-order valence-corrected chi connectivity index (χ2v) is 9.25. The third-order valence-corrected chi connectivity index (χ3v) is 5.97. The first kappa shape index (κ1) is 21.7. The highest BCUT2D eigenvalue weighted by Gasteiger charge is 2.60. The molecule has 4 rings (SSSR count). The standard InChI is InChI=1S/C27H26N2O3/c1-26(2,3)32-25(31)27(17-28)23(19-10-5-4-6-11-19)22(16-30)24(29-27)21-14-13-18-9-7-8-12-20(18)15-21/h4-16,22-24,29H,1-3H3/t22-,23-,24-,27-/m1/s1. The van der Waals surface area contributed by atoms with Crippen LogP contribution >= 0.6 is 0 Å². The number of nitrogens with one attached hydrogen (secondary N) is 1. The Hall–Kier alpha value is -3.49. The largest absolute Gasteiger partial charge is 0.458 e. The summed E-state index contributed by atoms with van der Waals surface area (Å²) in [5.41, 5.74) is -0.881. The predicted octanol–water partition coefficient (Wildman–Crippen LogP) is 4.69. The van der Waals surface area contributed by atoms with Crippen molar-refractivity contribution in [3.8, 4) is 6.07 Å². The average Bonchev–Trinajstić information content (AvgIpc) is 3.14. The molecule has 162 valence electrons. The topological polar surface area (TPSA) is 79.2 Å². The Balaban J connectivity index is 1.87. The minimum Gasteiger partial charge on any atom is -0.458 e. The number of hydrogen-bond acceptors (Lipinski definition) is 5. The van der Waals surface area contributed by atoms with Gasteiger partial charge >= 0.3 is 5.97 Å². The summed E-state index contributed by atoms with van der Waals surface area (Å²) in [5, 5.41) is 15.7. The number of rotatable bonds is 4. The number of ether oxygens (including phenoxy) is 1. The number of nitriles is 1. The first-order valence-electron chi connectivity index (χ1n) is 10.7. The van der Waals surface area contributed by atoms with Crippen molar-refractivity contribution in [1.82, 2.24) is 5.32 Å². The van der Waals surface area contributed by atoms with Gasteiger partial charge in [0.1, 0.15) is 11.9 Å². The Labute approximate surface area is 188 Å². The van der Waals surface area contributed by atoms with Gasteiger partial charge < -0.3 is 9.53 Å². The zero-order valence-electron chi connectivity index (χ0n) is 18.4. The van der Waals surface area contributed by atoms with Crippen LogP contribution in [-0.4, -0.2) is 23.4 Å². The number of hydrogen-bond donors (Lipinski definition) is 1. The summed E-state index contributed by atoms with van der Waals surface area (Å²) >= 11 is 0. The molecule has 1 heterocycles. The van der Waals surface area contributed by atoms with Gasteiger partial charge in [0, 0.05) is 17.9 Å². The molecule has 5 heteroatoms. The summed E-state index contributed by atoms with van der Waals surface area (Å²) < 4.78 is 5.68. The number of benzene rings is 3. The smallest absolute Gasteiger partial charge is 0.342 e. The molecule has 1 fully saturated rings. The maximum absolute atomic E-state index is 13.4. The zero-order chi connectivity index (χ0) is 22.9. The minimum absolute atomic E-state index is 0.519. The first-order valence-corrected chi connectivity index (χ1v) is 10.7. The molecule has 0 aromatic heterocycles. The van der Waals surface area contributed by atoms with Gasteiger partial charge in [0.05, 0.1) is 6.07 Å². The fourth-order valence-electron chi connectivity index (χ4n) is 4.60. The van der Waals surface area contributed by atoms with E-state index in [-0.39, 0.29) is 0 Å². The monoisotopic (exact) mass is 426 g/mol. The zero-order valence-corrected chi connectivity index (χ0v) is 18.4. The SMILES string of the molecule is CC(C)(C)OC(=O)[C@]1(C#N)N[C@H](c2ccc3ccccc3c2)[C@H](C=O)[C@H]1c1ccccc1. The minimum atomic E-state index is -1.70. The van der Waals surface area contributed by atoms with Crippen LogP contribution in [0.5, 0.6) is 0 Å². The number of carbonyl (C=O) groups excluding carboxylic acids is 2. The fourth-order valence-corrected chi connectivity index (χ4v) is 4.60. The van der Waals surface area contributed by atoms with Gasteiger partial charge in [0.2, 0.25) is 5.54 Å². The van der Waals surface area contributed by atoms with Crippen molar-refractivity contribution in [2.24, 2.45) is 5.92 Å². The molecule has 0 unspecified atom stereocenters. The molecule has 0 amide bonds. The Bertz CT molecular complexity index is 1190. The van der Waals surface area contributed by atoms with Crippen molar-refractivity contribution >= 4 is 23.0 Å². The van der Waals surface area contributed by atoms with Gasteiger partial charge in [-0.25, -0.2) is 4.79 Å². The Morgan fingerprint density at radius 3 is 2.28 bits per heavy atom. The van der Waals surface area contributed by atoms with E-state index in [1.165, 1.54) is 0 Å². The van der Waals surface area contributed by atoms with E-state index in [0.717, 1.165) is 28.2 Å². The van der Waals surface area contributed by atoms with Crippen molar-refractivity contribution in [2.75, 3.05) is 0 Å². The van der Waals surface area contributed by atoms with Crippen molar-refractivity contribution in [3.05, 3.63) is 83.9 Å². The highest BCUT2D eigenvalue weighted by Crippen LogP contribution is 2.49. The number of carbonyl (C=O) groups is 2. The van der Waals surface area contributed by atoms with E-state index in [4.69, 9.17) is 4.74 Å². The van der Waals surface area contributed by atoms with Crippen molar-refractivity contribution in [1.29, 1.82) is 5.26 Å². The normalized spacial score (nSPS) is 25.2. The van der Waals surface area contributed by atoms with Gasteiger partial charge in [0.25, 0.3) is 0 Å². The lowest BCUT2D eigenvalue weighted by Crippen LogP contribution is -2.53. The van der Waals surface area contributed by atoms with E-state index in [1.807, 2.05) is 72.8 Å². The van der Waals surface area contributed by atoms with Crippen LogP contribution in [0.1, 0.15) is 43.9 Å². The Morgan fingerprint density at radius 1 is 1.00 bits per heavy atom. The van der Waals surface area contributed by atoms with Crippen LogP contribution < -0.4 is 5.32 Å². The van der Waals surface area contributed by atoms with Crippen LogP contribution in [0.15, 0.2) is 72.8 Å². The van der Waals surface area contributed by atoms with Gasteiger partial charge in [-0.05, 0) is 48.7 Å². The molecule has 1 saturated heterocycles. The summed E-state index contributed by atoms with van der Waals surface area (Å²) in [4.78, 5) is 25.9. The summed E-state index contributed by atoms with van der Waals surface area (Å²) in [6.07, 6.45) is 0.855. The predicted molar refractivity (Wildman–Crippen MR) is 123 cm³/mol. The van der Waals surface area contributed by atoms with E-state index >= 15 is 0 Å². The van der Waals surface area contributed by atoms with Crippen LogP contribution in [0, 0.1) is 17.2 Å². The lowest BCUT2D eigenvalue weighted by molar-refractivity contribution is -0.160. The molecule has 0 aliphatic carbocycles. The van der Waals surface area contributed by atoms with E-state index in [9.17, 15) is 14.9 Å². The summed E-state index contributed by atoms with van der Waals surface area (Å²) in [6, 6.07) is 24.8. The van der Waals surface area contributed by atoms with Gasteiger partial charge in [0.15, 0.2) is 0 Å². The van der Waals surface area contributed by atoms with Crippen molar-refractivity contribution in [2.45, 2.75) is 43.9 Å². The van der Waals surface area contributed by atoms with Gasteiger partial charge in [-0.1, -0.05) is 66.7 Å². The quantitative estimate of drug-likeness (QED) is 0.484. The highest BCUT2D eigenvalue weighted by molar-refractivity contribution is 5.89. The van der Waals surface area contributed by atoms with Crippen molar-refractivity contribution < 1.29 is 14.3 Å². The Kier molecular flexibility index (Phi) is 5.58. The molecule has 1 aliphatic rings. The van der Waals surface area contributed by atoms with Crippen LogP contribution in [-0.2, 0) is 14.3 Å². The molecular formula is C27H26N2O3. The first-order chi connectivity index (χ1) is 15.3. The fraction of sp³-hybridized carbons (Fsp3) is 0.296. The lowest BCUT2D eigenvalue weighted by Gasteiger charge is -2.31. The second kappa shape index (κ2) is 8.22. The molecule has 4 atom stereocenters. The van der Waals surface area contributed by atoms with Gasteiger partial charge in [-0.15, -0.1) is 0 Å². The lowest BCUT2D eigenvalue weighted by atomic mass is 9.74. The molecule has 0 spiro atoms. The molecule has 32 heavy (non-hydrogen) atoms. The highest BCUT2D eigenvalue weighted by atomic mass is 16.6. The number of nitrogens with zero attached hydrogens (tertiary/aromatic N) is 1. The molecule has 0 radical (unpaired) electrons. The molecule has 0 saturated carbocycles. The van der Waals surface area contributed by atoms with Crippen LogP contribution in [0.3, 0.4) is 0 Å².